The average molecular weight is 307 g/mol. The van der Waals surface area contributed by atoms with Crippen molar-refractivity contribution in [3.63, 3.8) is 0 Å². The van der Waals surface area contributed by atoms with E-state index in [9.17, 15) is 4.79 Å². The molecule has 0 radical (unpaired) electrons. The highest BCUT2D eigenvalue weighted by molar-refractivity contribution is 7.18. The normalized spacial score (nSPS) is 16.5. The van der Waals surface area contributed by atoms with Crippen LogP contribution in [0.2, 0.25) is 0 Å². The molecule has 1 aliphatic rings. The predicted molar refractivity (Wildman–Crippen MR) is 81.0 cm³/mol. The number of nitrogens with zero attached hydrogens (tertiary/aromatic N) is 3. The molecule has 6 nitrogen and oxygen atoms in total. The SMILES string of the molecule is Cc1csc2c(N3CCC(OCC(=O)O)CC3)ncnc12. The summed E-state index contributed by atoms with van der Waals surface area (Å²) in [5.74, 6) is 0.0683. The lowest BCUT2D eigenvalue weighted by Gasteiger charge is -2.32. The maximum absolute atomic E-state index is 10.5. The lowest BCUT2D eigenvalue weighted by atomic mass is 10.1. The number of hydrogen-bond donors (Lipinski definition) is 1. The zero-order valence-corrected chi connectivity index (χ0v) is 12.6. The van der Waals surface area contributed by atoms with Crippen molar-refractivity contribution in [1.82, 2.24) is 9.97 Å². The number of fused-ring (bicyclic) bond motifs is 1. The van der Waals surface area contributed by atoms with Crippen molar-refractivity contribution in [2.24, 2.45) is 0 Å². The van der Waals surface area contributed by atoms with Crippen molar-refractivity contribution in [3.05, 3.63) is 17.3 Å². The van der Waals surface area contributed by atoms with E-state index in [4.69, 9.17) is 9.84 Å². The zero-order chi connectivity index (χ0) is 14.8. The van der Waals surface area contributed by atoms with Crippen LogP contribution in [0.5, 0.6) is 0 Å². The highest BCUT2D eigenvalue weighted by Crippen LogP contribution is 2.32. The van der Waals surface area contributed by atoms with Gasteiger partial charge in [-0.05, 0) is 30.7 Å². The maximum atomic E-state index is 10.5. The number of hydrogen-bond acceptors (Lipinski definition) is 6. The summed E-state index contributed by atoms with van der Waals surface area (Å²) in [6.07, 6.45) is 3.29. The molecule has 0 bridgehead atoms. The number of anilines is 1. The molecule has 0 unspecified atom stereocenters. The minimum atomic E-state index is -0.913. The van der Waals surface area contributed by atoms with Gasteiger partial charge in [-0.2, -0.15) is 0 Å². The Labute approximate surface area is 126 Å². The van der Waals surface area contributed by atoms with Crippen LogP contribution in [0.1, 0.15) is 18.4 Å². The van der Waals surface area contributed by atoms with E-state index in [1.807, 2.05) is 0 Å². The lowest BCUT2D eigenvalue weighted by Crippen LogP contribution is -2.38. The van der Waals surface area contributed by atoms with Crippen LogP contribution in [0.4, 0.5) is 5.82 Å². The molecule has 1 saturated heterocycles. The first kappa shape index (κ1) is 14.2. The average Bonchev–Trinajstić information content (AvgIpc) is 2.87. The van der Waals surface area contributed by atoms with Gasteiger partial charge < -0.3 is 14.7 Å². The number of rotatable bonds is 4. The molecule has 3 rings (SSSR count). The van der Waals surface area contributed by atoms with Crippen molar-refractivity contribution in [2.45, 2.75) is 25.9 Å². The summed E-state index contributed by atoms with van der Waals surface area (Å²) < 4.78 is 6.49. The first-order valence-electron chi connectivity index (χ1n) is 6.92. The van der Waals surface area contributed by atoms with Gasteiger partial charge in [-0.15, -0.1) is 11.3 Å². The molecule has 2 aromatic heterocycles. The number of carboxylic acids is 1. The third kappa shape index (κ3) is 2.98. The fourth-order valence-corrected chi connectivity index (χ4v) is 3.62. The molecular formula is C14H17N3O3S. The molecule has 0 saturated carbocycles. The summed E-state index contributed by atoms with van der Waals surface area (Å²) in [5.41, 5.74) is 2.20. The smallest absolute Gasteiger partial charge is 0.329 e. The monoisotopic (exact) mass is 307 g/mol. The Balaban J connectivity index is 1.70. The van der Waals surface area contributed by atoms with Gasteiger partial charge >= 0.3 is 5.97 Å². The van der Waals surface area contributed by atoms with Crippen LogP contribution in [0.15, 0.2) is 11.7 Å². The molecule has 3 heterocycles. The van der Waals surface area contributed by atoms with E-state index < -0.39 is 5.97 Å². The van der Waals surface area contributed by atoms with Crippen LogP contribution >= 0.6 is 11.3 Å². The summed E-state index contributed by atoms with van der Waals surface area (Å²) in [5, 5.41) is 10.7. The minimum absolute atomic E-state index is 0.0275. The number of piperidine rings is 1. The Kier molecular flexibility index (Phi) is 4.03. The number of carbonyl (C=O) groups is 1. The number of aromatic nitrogens is 2. The third-order valence-corrected chi connectivity index (χ3v) is 4.78. The van der Waals surface area contributed by atoms with Gasteiger partial charge in [0.15, 0.2) is 0 Å². The molecule has 112 valence electrons. The van der Waals surface area contributed by atoms with Crippen LogP contribution in [0, 0.1) is 6.92 Å². The fourth-order valence-electron chi connectivity index (χ4n) is 2.61. The summed E-state index contributed by atoms with van der Waals surface area (Å²) in [6, 6.07) is 0. The second-order valence-electron chi connectivity index (χ2n) is 5.18. The van der Waals surface area contributed by atoms with Crippen LogP contribution in [-0.4, -0.2) is 46.8 Å². The first-order valence-corrected chi connectivity index (χ1v) is 7.80. The molecule has 21 heavy (non-hydrogen) atoms. The maximum Gasteiger partial charge on any atom is 0.329 e. The Morgan fingerprint density at radius 2 is 2.24 bits per heavy atom. The van der Waals surface area contributed by atoms with Crippen LogP contribution in [0.3, 0.4) is 0 Å². The van der Waals surface area contributed by atoms with Gasteiger partial charge in [-0.3, -0.25) is 0 Å². The van der Waals surface area contributed by atoms with E-state index in [0.29, 0.717) is 0 Å². The van der Waals surface area contributed by atoms with Crippen LogP contribution < -0.4 is 4.90 Å². The number of thiophene rings is 1. The number of carboxylic acid groups (broad SMARTS) is 1. The van der Waals surface area contributed by atoms with E-state index in [-0.39, 0.29) is 12.7 Å². The molecule has 0 atom stereocenters. The highest BCUT2D eigenvalue weighted by Gasteiger charge is 2.23. The Morgan fingerprint density at radius 1 is 1.48 bits per heavy atom. The first-order chi connectivity index (χ1) is 10.1. The molecule has 1 aliphatic heterocycles. The van der Waals surface area contributed by atoms with Crippen molar-refractivity contribution >= 4 is 33.3 Å². The molecule has 7 heteroatoms. The topological polar surface area (TPSA) is 75.5 Å². The standard InChI is InChI=1S/C14H17N3O3S/c1-9-7-21-13-12(9)15-8-16-14(13)17-4-2-10(3-5-17)20-6-11(18)19/h7-8,10H,2-6H2,1H3,(H,18,19). The molecule has 1 fully saturated rings. The molecule has 0 amide bonds. The minimum Gasteiger partial charge on any atom is -0.480 e. The fraction of sp³-hybridized carbons (Fsp3) is 0.500. The van der Waals surface area contributed by atoms with Gasteiger partial charge in [0, 0.05) is 13.1 Å². The summed E-state index contributed by atoms with van der Waals surface area (Å²) in [7, 11) is 0. The van der Waals surface area contributed by atoms with Gasteiger partial charge in [0.05, 0.1) is 16.3 Å². The second-order valence-corrected chi connectivity index (χ2v) is 6.06. The summed E-state index contributed by atoms with van der Waals surface area (Å²) >= 11 is 1.67. The van der Waals surface area contributed by atoms with Gasteiger partial charge in [-0.1, -0.05) is 0 Å². The Hall–Kier alpha value is -1.73. The molecule has 0 aromatic carbocycles. The van der Waals surface area contributed by atoms with Crippen molar-refractivity contribution in [2.75, 3.05) is 24.6 Å². The Morgan fingerprint density at radius 3 is 2.95 bits per heavy atom. The van der Waals surface area contributed by atoms with Crippen molar-refractivity contribution in [1.29, 1.82) is 0 Å². The van der Waals surface area contributed by atoms with Crippen molar-refractivity contribution in [3.8, 4) is 0 Å². The van der Waals surface area contributed by atoms with E-state index in [0.717, 1.165) is 42.0 Å². The lowest BCUT2D eigenvalue weighted by molar-refractivity contribution is -0.144. The summed E-state index contributed by atoms with van der Waals surface area (Å²) in [4.78, 5) is 21.5. The largest absolute Gasteiger partial charge is 0.480 e. The summed E-state index contributed by atoms with van der Waals surface area (Å²) in [6.45, 7) is 3.49. The van der Waals surface area contributed by atoms with Crippen LogP contribution in [-0.2, 0) is 9.53 Å². The van der Waals surface area contributed by atoms with E-state index in [1.165, 1.54) is 5.56 Å². The van der Waals surface area contributed by atoms with Gasteiger partial charge in [0.2, 0.25) is 0 Å². The van der Waals surface area contributed by atoms with Crippen LogP contribution in [0.25, 0.3) is 10.2 Å². The zero-order valence-electron chi connectivity index (χ0n) is 11.8. The molecule has 0 aliphatic carbocycles. The third-order valence-electron chi connectivity index (χ3n) is 3.70. The van der Waals surface area contributed by atoms with E-state index >= 15 is 0 Å². The van der Waals surface area contributed by atoms with Gasteiger partial charge in [-0.25, -0.2) is 14.8 Å². The highest BCUT2D eigenvalue weighted by atomic mass is 32.1. The quantitative estimate of drug-likeness (QED) is 0.932. The Bertz CT molecular complexity index is 650. The predicted octanol–water partition coefficient (Wildman–Crippen LogP) is 2.07. The molecule has 2 aromatic rings. The number of aliphatic carboxylic acids is 1. The van der Waals surface area contributed by atoms with E-state index in [1.54, 1.807) is 17.7 Å². The molecule has 0 spiro atoms. The number of aryl methyl sites for hydroxylation is 1. The van der Waals surface area contributed by atoms with Gasteiger partial charge in [0.1, 0.15) is 18.8 Å². The van der Waals surface area contributed by atoms with E-state index in [2.05, 4.69) is 27.2 Å². The number of ether oxygens (including phenoxy) is 1. The van der Waals surface area contributed by atoms with Crippen molar-refractivity contribution < 1.29 is 14.6 Å². The second kappa shape index (κ2) is 5.95. The van der Waals surface area contributed by atoms with Gasteiger partial charge in [0.25, 0.3) is 0 Å². The molecular weight excluding hydrogens is 290 g/mol. The molecule has 1 N–H and O–H groups in total.